The van der Waals surface area contributed by atoms with E-state index >= 15 is 0 Å². The first-order valence-electron chi connectivity index (χ1n) is 6.46. The second-order valence-electron chi connectivity index (χ2n) is 5.41. The van der Waals surface area contributed by atoms with Crippen LogP contribution in [-0.2, 0) is 0 Å². The second-order valence-corrected chi connectivity index (χ2v) is 5.41. The molecule has 2 heterocycles. The van der Waals surface area contributed by atoms with Crippen molar-refractivity contribution in [1.29, 1.82) is 0 Å². The van der Waals surface area contributed by atoms with Gasteiger partial charge < -0.3 is 19.3 Å². The molecule has 1 fully saturated rings. The summed E-state index contributed by atoms with van der Waals surface area (Å²) in [4.78, 5) is 20.3. The van der Waals surface area contributed by atoms with Gasteiger partial charge in [0.1, 0.15) is 0 Å². The number of amides is 1. The second kappa shape index (κ2) is 5.30. The largest absolute Gasteiger partial charge is 0.436 e. The maximum absolute atomic E-state index is 12.5. The third-order valence-corrected chi connectivity index (χ3v) is 3.33. The monoisotopic (exact) mass is 267 g/mol. The molecule has 1 amide bonds. The smallest absolute Gasteiger partial charge is 0.291 e. The lowest BCUT2D eigenvalue weighted by Crippen LogP contribution is -2.41. The topological polar surface area (TPSA) is 69.8 Å². The first kappa shape index (κ1) is 14.0. The predicted octanol–water partition coefficient (Wildman–Crippen LogP) is 0.428. The molecule has 1 aromatic rings. The van der Waals surface area contributed by atoms with Crippen molar-refractivity contribution in [2.24, 2.45) is 0 Å². The predicted molar refractivity (Wildman–Crippen MR) is 70.0 cm³/mol. The van der Waals surface area contributed by atoms with E-state index in [0.717, 1.165) is 6.54 Å². The minimum atomic E-state index is -0.460. The summed E-state index contributed by atoms with van der Waals surface area (Å²) in [6.07, 6.45) is 0.147. The molecule has 0 aromatic carbocycles. The highest BCUT2D eigenvalue weighted by atomic mass is 16.4. The Morgan fingerprint density at radius 2 is 2.21 bits per heavy atom. The molecule has 106 valence electrons. The number of β-amino-alcohol motifs (C(OH)–C–C–N with tert-alkyl or cyclic N) is 1. The summed E-state index contributed by atoms with van der Waals surface area (Å²) >= 11 is 0. The average molecular weight is 267 g/mol. The molecule has 2 unspecified atom stereocenters. The van der Waals surface area contributed by atoms with E-state index in [4.69, 9.17) is 4.42 Å². The molecule has 1 aliphatic heterocycles. The Balaban J connectivity index is 2.19. The summed E-state index contributed by atoms with van der Waals surface area (Å²) in [7, 11) is 3.91. The normalized spacial score (nSPS) is 23.4. The van der Waals surface area contributed by atoms with Crippen LogP contribution in [0.5, 0.6) is 0 Å². The van der Waals surface area contributed by atoms with Crippen LogP contribution in [0.1, 0.15) is 28.6 Å². The van der Waals surface area contributed by atoms with Crippen LogP contribution >= 0.6 is 0 Å². The van der Waals surface area contributed by atoms with Crippen molar-refractivity contribution in [2.45, 2.75) is 32.4 Å². The quantitative estimate of drug-likeness (QED) is 0.860. The Kier molecular flexibility index (Phi) is 3.91. The van der Waals surface area contributed by atoms with Gasteiger partial charge in [-0.25, -0.2) is 4.98 Å². The van der Waals surface area contributed by atoms with E-state index in [2.05, 4.69) is 4.98 Å². The molecule has 6 heteroatoms. The van der Waals surface area contributed by atoms with Crippen LogP contribution in [-0.4, -0.2) is 65.1 Å². The number of carbonyl (C=O) groups excluding carboxylic acids is 1. The number of hydrogen-bond donors (Lipinski definition) is 1. The molecule has 2 atom stereocenters. The van der Waals surface area contributed by atoms with E-state index < -0.39 is 6.10 Å². The van der Waals surface area contributed by atoms with Crippen molar-refractivity contribution in [3.8, 4) is 0 Å². The van der Waals surface area contributed by atoms with Gasteiger partial charge in [0.15, 0.2) is 5.89 Å². The van der Waals surface area contributed by atoms with E-state index in [-0.39, 0.29) is 17.7 Å². The summed E-state index contributed by atoms with van der Waals surface area (Å²) in [5, 5.41) is 9.79. The lowest BCUT2D eigenvalue weighted by atomic mass is 10.2. The van der Waals surface area contributed by atoms with Crippen molar-refractivity contribution in [3.63, 3.8) is 0 Å². The minimum absolute atomic E-state index is 0.0160. The number of likely N-dealkylation sites (tertiary alicyclic amines) is 1. The van der Waals surface area contributed by atoms with Crippen molar-refractivity contribution in [1.82, 2.24) is 14.8 Å². The van der Waals surface area contributed by atoms with Crippen LogP contribution in [0.2, 0.25) is 0 Å². The molecule has 2 rings (SSSR count). The van der Waals surface area contributed by atoms with E-state index in [1.807, 2.05) is 19.0 Å². The van der Waals surface area contributed by atoms with Crippen LogP contribution in [0.25, 0.3) is 0 Å². The van der Waals surface area contributed by atoms with Crippen LogP contribution in [0.15, 0.2) is 4.42 Å². The summed E-state index contributed by atoms with van der Waals surface area (Å²) < 4.78 is 5.38. The number of aliphatic hydroxyl groups is 1. The first-order chi connectivity index (χ1) is 8.88. The number of likely N-dealkylation sites (N-methyl/N-ethyl adjacent to an activating group) is 1. The zero-order valence-corrected chi connectivity index (χ0v) is 11.9. The molecule has 0 bridgehead atoms. The van der Waals surface area contributed by atoms with Gasteiger partial charge in [-0.05, 0) is 27.4 Å². The van der Waals surface area contributed by atoms with Gasteiger partial charge in [-0.15, -0.1) is 0 Å². The molecule has 1 aliphatic rings. The molecule has 0 saturated carbocycles. The third kappa shape index (κ3) is 2.96. The zero-order chi connectivity index (χ0) is 14.2. The molecule has 0 radical (unpaired) electrons. The zero-order valence-electron chi connectivity index (χ0n) is 11.9. The van der Waals surface area contributed by atoms with Crippen molar-refractivity contribution in [2.75, 3.05) is 27.2 Å². The summed E-state index contributed by atoms with van der Waals surface area (Å²) in [5.74, 6) is 0.599. The number of hydrogen-bond acceptors (Lipinski definition) is 5. The fraction of sp³-hybridized carbons (Fsp3) is 0.692. The van der Waals surface area contributed by atoms with Gasteiger partial charge in [0, 0.05) is 26.1 Å². The SMILES string of the molecule is Cc1nc(C)c(C(=O)N2CC(O)CC2CN(C)C)o1. The van der Waals surface area contributed by atoms with E-state index in [1.54, 1.807) is 18.7 Å². The van der Waals surface area contributed by atoms with Crippen molar-refractivity contribution >= 4 is 5.91 Å². The molecular formula is C13H21N3O3. The van der Waals surface area contributed by atoms with Gasteiger partial charge in [-0.1, -0.05) is 0 Å². The van der Waals surface area contributed by atoms with Gasteiger partial charge >= 0.3 is 0 Å². The molecule has 0 spiro atoms. The van der Waals surface area contributed by atoms with Gasteiger partial charge in [0.25, 0.3) is 5.91 Å². The third-order valence-electron chi connectivity index (χ3n) is 3.33. The van der Waals surface area contributed by atoms with Gasteiger partial charge in [-0.3, -0.25) is 4.79 Å². The van der Waals surface area contributed by atoms with Crippen LogP contribution in [0.4, 0.5) is 0 Å². The highest BCUT2D eigenvalue weighted by molar-refractivity contribution is 5.93. The van der Waals surface area contributed by atoms with E-state index in [1.165, 1.54) is 0 Å². The molecule has 1 N–H and O–H groups in total. The lowest BCUT2D eigenvalue weighted by molar-refractivity contribution is 0.0664. The molecular weight excluding hydrogens is 246 g/mol. The number of rotatable bonds is 3. The molecule has 6 nitrogen and oxygen atoms in total. The highest BCUT2D eigenvalue weighted by Crippen LogP contribution is 2.22. The molecule has 0 aliphatic carbocycles. The van der Waals surface area contributed by atoms with E-state index in [9.17, 15) is 9.90 Å². The van der Waals surface area contributed by atoms with Crippen molar-refractivity contribution in [3.05, 3.63) is 17.3 Å². The Morgan fingerprint density at radius 1 is 1.53 bits per heavy atom. The number of aliphatic hydroxyl groups excluding tert-OH is 1. The Hall–Kier alpha value is -1.40. The Bertz CT molecular complexity index is 470. The number of carbonyl (C=O) groups is 1. The van der Waals surface area contributed by atoms with E-state index in [0.29, 0.717) is 24.6 Å². The highest BCUT2D eigenvalue weighted by Gasteiger charge is 2.36. The average Bonchev–Trinajstić information content (AvgIpc) is 2.80. The maximum atomic E-state index is 12.5. The lowest BCUT2D eigenvalue weighted by Gasteiger charge is -2.26. The summed E-state index contributed by atoms with van der Waals surface area (Å²) in [6, 6.07) is 0.0160. The fourth-order valence-electron chi connectivity index (χ4n) is 2.60. The van der Waals surface area contributed by atoms with Gasteiger partial charge in [0.2, 0.25) is 5.76 Å². The van der Waals surface area contributed by atoms with Gasteiger partial charge in [0.05, 0.1) is 11.8 Å². The number of oxazole rings is 1. The maximum Gasteiger partial charge on any atom is 0.291 e. The Labute approximate surface area is 113 Å². The summed E-state index contributed by atoms with van der Waals surface area (Å²) in [5.41, 5.74) is 0.604. The van der Waals surface area contributed by atoms with Crippen molar-refractivity contribution < 1.29 is 14.3 Å². The fourth-order valence-corrected chi connectivity index (χ4v) is 2.60. The summed E-state index contributed by atoms with van der Waals surface area (Å²) in [6.45, 7) is 4.57. The number of aromatic nitrogens is 1. The van der Waals surface area contributed by atoms with Crippen LogP contribution < -0.4 is 0 Å². The van der Waals surface area contributed by atoms with Crippen LogP contribution in [0.3, 0.4) is 0 Å². The van der Waals surface area contributed by atoms with Gasteiger partial charge in [-0.2, -0.15) is 0 Å². The molecule has 1 saturated heterocycles. The minimum Gasteiger partial charge on any atom is -0.436 e. The first-order valence-corrected chi connectivity index (χ1v) is 6.46. The Morgan fingerprint density at radius 3 is 2.74 bits per heavy atom. The standard InChI is InChI=1S/C13H21N3O3/c1-8-12(19-9(2)14-8)13(18)16-7-11(17)5-10(16)6-15(3)4/h10-11,17H,5-7H2,1-4H3. The van der Waals surface area contributed by atoms with Crippen LogP contribution in [0, 0.1) is 13.8 Å². The molecule has 1 aromatic heterocycles. The number of nitrogens with zero attached hydrogens (tertiary/aromatic N) is 3. The number of aryl methyl sites for hydroxylation is 2. The molecule has 19 heavy (non-hydrogen) atoms.